The molecule has 0 aromatic carbocycles. The molecular weight excluding hydrogens is 302 g/mol. The smallest absolute Gasteiger partial charge is 0.168 e. The molecule has 0 amide bonds. The minimum Gasteiger partial charge on any atom is -0.205 e. The molecule has 0 aliphatic carbocycles. The average molecular weight is 339 g/mol. The molecule has 1 nitrogen and oxygen atoms in total. The maximum absolute atomic E-state index is 5.68. The molecule has 2 heteroatoms. The van der Waals surface area contributed by atoms with Gasteiger partial charge in [0.2, 0.25) is 0 Å². The predicted molar refractivity (Wildman–Crippen MR) is 102 cm³/mol. The first-order chi connectivity index (χ1) is 11.4. The van der Waals surface area contributed by atoms with Crippen LogP contribution >= 0.6 is 11.6 Å². The van der Waals surface area contributed by atoms with Crippen LogP contribution in [0.4, 0.5) is 0 Å². The van der Waals surface area contributed by atoms with Gasteiger partial charge in [0.1, 0.15) is 6.54 Å². The van der Waals surface area contributed by atoms with Crippen LogP contribution in [0.3, 0.4) is 0 Å². The predicted octanol–water partition coefficient (Wildman–Crippen LogP) is 6.67. The molecule has 0 aliphatic rings. The Balaban J connectivity index is 1.72. The molecule has 1 rings (SSSR count). The van der Waals surface area contributed by atoms with Crippen LogP contribution in [0.5, 0.6) is 0 Å². The fourth-order valence-electron chi connectivity index (χ4n) is 3.09. The van der Waals surface area contributed by atoms with Crippen molar-refractivity contribution in [3.63, 3.8) is 0 Å². The van der Waals surface area contributed by atoms with Crippen molar-refractivity contribution in [3.8, 4) is 0 Å². The lowest BCUT2D eigenvalue weighted by Gasteiger charge is -2.03. The van der Waals surface area contributed by atoms with E-state index in [1.807, 2.05) is 0 Å². The summed E-state index contributed by atoms with van der Waals surface area (Å²) in [6, 6.07) is 6.30. The Labute approximate surface area is 149 Å². The zero-order chi connectivity index (χ0) is 16.4. The van der Waals surface area contributed by atoms with Gasteiger partial charge in [-0.15, -0.1) is 11.6 Å². The molecule has 0 aliphatic heterocycles. The molecule has 0 saturated carbocycles. The highest BCUT2D eigenvalue weighted by Crippen LogP contribution is 2.13. The second-order valence-electron chi connectivity index (χ2n) is 6.75. The van der Waals surface area contributed by atoms with Crippen LogP contribution in [0.1, 0.15) is 89.9 Å². The lowest BCUT2D eigenvalue weighted by atomic mass is 10.0. The molecule has 0 radical (unpaired) electrons. The van der Waals surface area contributed by atoms with Gasteiger partial charge in [-0.1, -0.05) is 76.7 Å². The number of aromatic nitrogens is 1. The maximum Gasteiger partial charge on any atom is 0.168 e. The van der Waals surface area contributed by atoms with Crippen molar-refractivity contribution in [2.45, 2.75) is 96.4 Å². The SMILES string of the molecule is ClCCCCCCCCCCCCCCCC[n+]1ccccc1. The summed E-state index contributed by atoms with van der Waals surface area (Å²) in [5.41, 5.74) is 0. The summed E-state index contributed by atoms with van der Waals surface area (Å²) < 4.78 is 2.29. The van der Waals surface area contributed by atoms with Gasteiger partial charge in [-0.05, 0) is 12.8 Å². The van der Waals surface area contributed by atoms with Crippen molar-refractivity contribution < 1.29 is 4.57 Å². The van der Waals surface area contributed by atoms with Crippen LogP contribution in [0.25, 0.3) is 0 Å². The van der Waals surface area contributed by atoms with E-state index in [1.165, 1.54) is 96.4 Å². The molecule has 1 aromatic rings. The molecule has 0 N–H and O–H groups in total. The molecular formula is C21H37ClN+. The Bertz CT molecular complexity index is 339. The van der Waals surface area contributed by atoms with E-state index in [0.717, 1.165) is 5.88 Å². The molecule has 132 valence electrons. The minimum atomic E-state index is 0.838. The van der Waals surface area contributed by atoms with Crippen molar-refractivity contribution in [1.29, 1.82) is 0 Å². The molecule has 0 fully saturated rings. The molecule has 1 heterocycles. The highest BCUT2D eigenvalue weighted by molar-refractivity contribution is 6.17. The van der Waals surface area contributed by atoms with E-state index in [2.05, 4.69) is 35.2 Å². The number of pyridine rings is 1. The van der Waals surface area contributed by atoms with Gasteiger partial charge >= 0.3 is 0 Å². The van der Waals surface area contributed by atoms with Crippen molar-refractivity contribution in [1.82, 2.24) is 0 Å². The molecule has 23 heavy (non-hydrogen) atoms. The molecule has 0 saturated heterocycles. The van der Waals surface area contributed by atoms with Gasteiger partial charge in [0.05, 0.1) is 0 Å². The second kappa shape index (κ2) is 16.3. The van der Waals surface area contributed by atoms with Crippen LogP contribution in [0, 0.1) is 0 Å². The third-order valence-corrected chi connectivity index (χ3v) is 4.84. The fraction of sp³-hybridized carbons (Fsp3) is 0.762. The minimum absolute atomic E-state index is 0.838. The van der Waals surface area contributed by atoms with Gasteiger partial charge in [0.25, 0.3) is 0 Å². The molecule has 0 bridgehead atoms. The third-order valence-electron chi connectivity index (χ3n) is 4.58. The van der Waals surface area contributed by atoms with Crippen LogP contribution < -0.4 is 4.57 Å². The van der Waals surface area contributed by atoms with Gasteiger partial charge in [-0.25, -0.2) is 4.57 Å². The highest BCUT2D eigenvalue weighted by atomic mass is 35.5. The Hall–Kier alpha value is -0.560. The summed E-state index contributed by atoms with van der Waals surface area (Å²) in [5.74, 6) is 0.838. The summed E-state index contributed by atoms with van der Waals surface area (Å²) in [4.78, 5) is 0. The van der Waals surface area contributed by atoms with Crippen molar-refractivity contribution >= 4 is 11.6 Å². The van der Waals surface area contributed by atoms with Gasteiger partial charge in [0.15, 0.2) is 12.4 Å². The molecule has 0 atom stereocenters. The Kier molecular flexibility index (Phi) is 14.5. The number of hydrogen-bond donors (Lipinski definition) is 0. The Morgan fingerprint density at radius 1 is 0.478 bits per heavy atom. The Morgan fingerprint density at radius 3 is 1.30 bits per heavy atom. The van der Waals surface area contributed by atoms with E-state index in [4.69, 9.17) is 11.6 Å². The molecule has 0 spiro atoms. The van der Waals surface area contributed by atoms with Crippen LogP contribution in [0.2, 0.25) is 0 Å². The molecule has 0 unspecified atom stereocenters. The van der Waals surface area contributed by atoms with E-state index >= 15 is 0 Å². The van der Waals surface area contributed by atoms with E-state index in [1.54, 1.807) is 0 Å². The number of nitrogens with zero attached hydrogens (tertiary/aromatic N) is 1. The van der Waals surface area contributed by atoms with E-state index in [-0.39, 0.29) is 0 Å². The highest BCUT2D eigenvalue weighted by Gasteiger charge is 1.98. The summed E-state index contributed by atoms with van der Waals surface area (Å²) in [6.45, 7) is 1.17. The summed E-state index contributed by atoms with van der Waals surface area (Å²) >= 11 is 5.68. The zero-order valence-electron chi connectivity index (χ0n) is 15.0. The van der Waals surface area contributed by atoms with Crippen LogP contribution in [-0.2, 0) is 6.54 Å². The van der Waals surface area contributed by atoms with E-state index in [9.17, 15) is 0 Å². The number of halogens is 1. The first-order valence-electron chi connectivity index (χ1n) is 9.93. The third kappa shape index (κ3) is 13.6. The van der Waals surface area contributed by atoms with Crippen LogP contribution in [0.15, 0.2) is 30.6 Å². The summed E-state index contributed by atoms with van der Waals surface area (Å²) in [6.07, 6.45) is 23.8. The number of aryl methyl sites for hydroxylation is 1. The topological polar surface area (TPSA) is 3.88 Å². The number of hydrogen-bond acceptors (Lipinski definition) is 0. The van der Waals surface area contributed by atoms with Crippen molar-refractivity contribution in [2.75, 3.05) is 5.88 Å². The first kappa shape index (κ1) is 20.5. The Morgan fingerprint density at radius 2 is 0.870 bits per heavy atom. The maximum atomic E-state index is 5.68. The van der Waals surface area contributed by atoms with Gasteiger partial charge < -0.3 is 0 Å². The van der Waals surface area contributed by atoms with Crippen LogP contribution in [-0.4, -0.2) is 5.88 Å². The largest absolute Gasteiger partial charge is 0.205 e. The van der Waals surface area contributed by atoms with Crippen molar-refractivity contribution in [2.24, 2.45) is 0 Å². The zero-order valence-corrected chi connectivity index (χ0v) is 15.8. The van der Waals surface area contributed by atoms with E-state index in [0.29, 0.717) is 0 Å². The summed E-state index contributed by atoms with van der Waals surface area (Å²) in [7, 11) is 0. The summed E-state index contributed by atoms with van der Waals surface area (Å²) in [5, 5.41) is 0. The van der Waals surface area contributed by atoms with Gasteiger partial charge in [-0.2, -0.15) is 0 Å². The second-order valence-corrected chi connectivity index (χ2v) is 7.13. The quantitative estimate of drug-likeness (QED) is 0.180. The number of rotatable bonds is 16. The average Bonchev–Trinajstić information content (AvgIpc) is 2.59. The lowest BCUT2D eigenvalue weighted by molar-refractivity contribution is -0.697. The number of unbranched alkanes of at least 4 members (excludes halogenated alkanes) is 13. The van der Waals surface area contributed by atoms with Gasteiger partial charge in [-0.3, -0.25) is 0 Å². The van der Waals surface area contributed by atoms with Crippen molar-refractivity contribution in [3.05, 3.63) is 30.6 Å². The number of alkyl halides is 1. The molecule has 1 aromatic heterocycles. The van der Waals surface area contributed by atoms with Gasteiger partial charge in [0, 0.05) is 24.4 Å². The fourth-order valence-corrected chi connectivity index (χ4v) is 3.28. The monoisotopic (exact) mass is 338 g/mol. The normalized spacial score (nSPS) is 11.0. The van der Waals surface area contributed by atoms with E-state index < -0.39 is 0 Å². The lowest BCUT2D eigenvalue weighted by Crippen LogP contribution is -2.32. The first-order valence-corrected chi connectivity index (χ1v) is 10.5. The standard InChI is InChI=1S/C21H37ClN/c22-18-14-11-9-7-5-3-1-2-4-6-8-10-12-15-19-23-20-16-13-17-21-23/h13,16-17,20-21H,1-12,14-15,18-19H2/q+1.